The Morgan fingerprint density at radius 1 is 0.515 bits per heavy atom. The van der Waals surface area contributed by atoms with Gasteiger partial charge < -0.3 is 34.1 Å². The largest absolute Gasteiger partial charge is 0.466 e. The average Bonchev–Trinajstić information content (AvgIpc) is 3.29. The highest BCUT2D eigenvalue weighted by Crippen LogP contribution is 2.16. The second-order valence-corrected chi connectivity index (χ2v) is 19.6. The van der Waals surface area contributed by atoms with E-state index in [-0.39, 0.29) is 31.1 Å². The molecule has 394 valence electrons. The Bertz CT molecular complexity index is 1270. The first kappa shape index (κ1) is 64.4. The maximum atomic E-state index is 13.0. The van der Waals surface area contributed by atoms with Crippen molar-refractivity contribution in [3.63, 3.8) is 0 Å². The number of hydrogen-bond acceptors (Lipinski definition) is 9. The number of carbonyl (C=O) groups excluding carboxylic acids is 4. The normalized spacial score (nSPS) is 12.1. The molecule has 0 aliphatic heterocycles. The van der Waals surface area contributed by atoms with Gasteiger partial charge in [-0.15, -0.1) is 0 Å². The third-order valence-electron chi connectivity index (χ3n) is 11.4. The van der Waals surface area contributed by atoms with Crippen LogP contribution in [0, 0.1) is 0 Å². The molecule has 0 saturated heterocycles. The van der Waals surface area contributed by atoms with Gasteiger partial charge in [0.2, 0.25) is 0 Å². The Labute approximate surface area is 417 Å². The van der Waals surface area contributed by atoms with Crippen LogP contribution in [0.3, 0.4) is 0 Å². The number of carbonyl (C=O) groups is 4. The smallest absolute Gasteiger partial charge is 0.410 e. The van der Waals surface area contributed by atoms with Gasteiger partial charge in [-0.3, -0.25) is 9.59 Å². The molecule has 0 rings (SSSR count). The van der Waals surface area contributed by atoms with Gasteiger partial charge in [-0.25, -0.2) is 9.59 Å². The first-order valence-electron chi connectivity index (χ1n) is 27.4. The molecule has 0 fully saturated rings. The minimum Gasteiger partial charge on any atom is -0.466 e. The van der Waals surface area contributed by atoms with E-state index in [2.05, 4.69) is 67.8 Å². The Morgan fingerprint density at radius 2 is 0.941 bits per heavy atom. The van der Waals surface area contributed by atoms with Crippen LogP contribution in [0.5, 0.6) is 0 Å². The number of rotatable bonds is 45. The summed E-state index contributed by atoms with van der Waals surface area (Å²) in [5.74, 6) is -0.308. The SMILES string of the molecule is CCCCC/C=C\C/C=C\CCCCCCCC(=O)OCCCCC(CCCCOC(=O)CCCCCCC/C=C\C/C=C\CCCCC)OC(=O)NCCN(CCN(C)C)C(=O)OC(C)(C)C. The fraction of sp³-hybridized carbons (Fsp3) is 0.789. The fourth-order valence-corrected chi connectivity index (χ4v) is 7.32. The molecule has 0 bridgehead atoms. The lowest BCUT2D eigenvalue weighted by atomic mass is 10.1. The first-order chi connectivity index (χ1) is 32.9. The minimum atomic E-state index is -0.630. The van der Waals surface area contributed by atoms with E-state index in [0.29, 0.717) is 64.8 Å². The predicted octanol–water partition coefficient (Wildman–Crippen LogP) is 14.9. The van der Waals surface area contributed by atoms with E-state index in [0.717, 1.165) is 77.0 Å². The van der Waals surface area contributed by atoms with E-state index in [9.17, 15) is 19.2 Å². The van der Waals surface area contributed by atoms with Gasteiger partial charge in [-0.1, -0.05) is 127 Å². The molecule has 0 aromatic rings. The molecular weight excluding hydrogens is 855 g/mol. The fourth-order valence-electron chi connectivity index (χ4n) is 7.32. The summed E-state index contributed by atoms with van der Waals surface area (Å²) in [5, 5.41) is 2.82. The van der Waals surface area contributed by atoms with Gasteiger partial charge in [0.15, 0.2) is 0 Å². The summed E-state index contributed by atoms with van der Waals surface area (Å²) in [7, 11) is 3.88. The van der Waals surface area contributed by atoms with Crippen molar-refractivity contribution in [3.8, 4) is 0 Å². The van der Waals surface area contributed by atoms with Gasteiger partial charge in [-0.05, 0) is 150 Å². The van der Waals surface area contributed by atoms with Gasteiger partial charge in [0.05, 0.1) is 13.2 Å². The number of nitrogens with one attached hydrogen (secondary N) is 1. The van der Waals surface area contributed by atoms with E-state index < -0.39 is 17.8 Å². The molecule has 0 saturated carbocycles. The van der Waals surface area contributed by atoms with Crippen LogP contribution in [0.2, 0.25) is 0 Å². The zero-order valence-electron chi connectivity index (χ0n) is 44.8. The van der Waals surface area contributed by atoms with Crippen LogP contribution in [0.1, 0.15) is 227 Å². The second kappa shape index (κ2) is 47.1. The van der Waals surface area contributed by atoms with Crippen LogP contribution in [-0.2, 0) is 28.5 Å². The molecule has 0 heterocycles. The maximum absolute atomic E-state index is 13.0. The number of alkyl carbamates (subject to hydrolysis) is 1. The topological polar surface area (TPSA) is 124 Å². The van der Waals surface area contributed by atoms with Crippen molar-refractivity contribution < 1.29 is 38.1 Å². The summed E-state index contributed by atoms with van der Waals surface area (Å²) < 4.78 is 22.5. The molecule has 0 aliphatic rings. The van der Waals surface area contributed by atoms with Crippen molar-refractivity contribution in [1.82, 2.24) is 15.1 Å². The number of hydrogen-bond donors (Lipinski definition) is 1. The van der Waals surface area contributed by atoms with Gasteiger partial charge >= 0.3 is 24.1 Å². The molecule has 0 aliphatic carbocycles. The van der Waals surface area contributed by atoms with Crippen molar-refractivity contribution in [3.05, 3.63) is 48.6 Å². The van der Waals surface area contributed by atoms with Crippen LogP contribution in [0.4, 0.5) is 9.59 Å². The van der Waals surface area contributed by atoms with Crippen LogP contribution < -0.4 is 5.32 Å². The Kier molecular flexibility index (Phi) is 44.6. The molecule has 0 aromatic heterocycles. The van der Waals surface area contributed by atoms with Crippen molar-refractivity contribution >= 4 is 24.1 Å². The first-order valence-corrected chi connectivity index (χ1v) is 27.4. The Balaban J connectivity index is 4.62. The molecule has 1 N–H and O–H groups in total. The van der Waals surface area contributed by atoms with Crippen molar-refractivity contribution in [2.45, 2.75) is 239 Å². The molecule has 68 heavy (non-hydrogen) atoms. The molecule has 0 radical (unpaired) electrons. The third-order valence-corrected chi connectivity index (χ3v) is 11.4. The lowest BCUT2D eigenvalue weighted by Gasteiger charge is -2.28. The molecule has 0 spiro atoms. The highest BCUT2D eigenvalue weighted by molar-refractivity contribution is 5.70. The quantitative estimate of drug-likeness (QED) is 0.0275. The summed E-state index contributed by atoms with van der Waals surface area (Å²) in [5.41, 5.74) is -0.630. The third kappa shape index (κ3) is 47.5. The summed E-state index contributed by atoms with van der Waals surface area (Å²) in [6, 6.07) is 0. The van der Waals surface area contributed by atoms with Crippen LogP contribution in [-0.4, -0.2) is 99.1 Å². The van der Waals surface area contributed by atoms with Gasteiger partial charge in [-0.2, -0.15) is 0 Å². The molecule has 2 amide bonds. The van der Waals surface area contributed by atoms with Crippen molar-refractivity contribution in [2.24, 2.45) is 0 Å². The molecule has 0 aromatic carbocycles. The van der Waals surface area contributed by atoms with Crippen molar-refractivity contribution in [2.75, 3.05) is 53.5 Å². The Hall–Kier alpha value is -3.60. The summed E-state index contributed by atoms with van der Waals surface area (Å²) in [6.45, 7) is 12.3. The number of nitrogens with zero attached hydrogens (tertiary/aromatic N) is 2. The number of amides is 2. The van der Waals surface area contributed by atoms with E-state index in [1.807, 2.05) is 39.8 Å². The predicted molar refractivity (Wildman–Crippen MR) is 283 cm³/mol. The highest BCUT2D eigenvalue weighted by Gasteiger charge is 2.23. The maximum Gasteiger partial charge on any atom is 0.410 e. The molecule has 11 heteroatoms. The monoisotopic (exact) mass is 958 g/mol. The Morgan fingerprint density at radius 3 is 1.37 bits per heavy atom. The lowest BCUT2D eigenvalue weighted by Crippen LogP contribution is -2.44. The number of unbranched alkanes of at least 4 members (excludes halogenated alkanes) is 18. The summed E-state index contributed by atoms with van der Waals surface area (Å²) in [6.07, 6.45) is 47.0. The molecule has 0 atom stereocenters. The zero-order chi connectivity index (χ0) is 50.2. The van der Waals surface area contributed by atoms with Crippen LogP contribution >= 0.6 is 0 Å². The zero-order valence-corrected chi connectivity index (χ0v) is 44.8. The van der Waals surface area contributed by atoms with E-state index in [1.165, 1.54) is 77.0 Å². The van der Waals surface area contributed by atoms with Gasteiger partial charge in [0.1, 0.15) is 11.7 Å². The van der Waals surface area contributed by atoms with Crippen molar-refractivity contribution in [1.29, 1.82) is 0 Å². The highest BCUT2D eigenvalue weighted by atomic mass is 16.6. The van der Waals surface area contributed by atoms with Crippen LogP contribution in [0.25, 0.3) is 0 Å². The summed E-state index contributed by atoms with van der Waals surface area (Å²) in [4.78, 5) is 54.2. The van der Waals surface area contributed by atoms with E-state index in [1.54, 1.807) is 4.90 Å². The van der Waals surface area contributed by atoms with E-state index in [4.69, 9.17) is 18.9 Å². The van der Waals surface area contributed by atoms with Gasteiger partial charge in [0.25, 0.3) is 0 Å². The summed E-state index contributed by atoms with van der Waals surface area (Å²) >= 11 is 0. The van der Waals surface area contributed by atoms with Gasteiger partial charge in [0, 0.05) is 39.0 Å². The lowest BCUT2D eigenvalue weighted by molar-refractivity contribution is -0.144. The number of likely N-dealkylation sites (N-methyl/N-ethyl adjacent to an activating group) is 1. The van der Waals surface area contributed by atoms with E-state index >= 15 is 0 Å². The number of allylic oxidation sites excluding steroid dienone is 8. The molecule has 0 unspecified atom stereocenters. The number of ether oxygens (including phenoxy) is 4. The second-order valence-electron chi connectivity index (χ2n) is 19.6. The minimum absolute atomic E-state index is 0.154. The standard InChI is InChI=1S/C57H103N3O8/c1-8-10-12-14-16-18-20-22-24-26-28-30-32-34-36-44-53(61)65-50-40-38-42-52(67-55(63)58-46-47-60(49-48-59(6)7)56(64)68-57(3,4)5)43-39-41-51-66-54(62)45-37-35-33-31-29-27-25-23-21-19-17-15-13-11-9-2/h16-19,22-25,52H,8-15,20-21,26-51H2,1-7H3,(H,58,63)/b18-16-,19-17-,24-22-,25-23-. The number of esters is 2. The molecule has 11 nitrogen and oxygen atoms in total. The average molecular weight is 958 g/mol. The molecular formula is C57H103N3O8. The van der Waals surface area contributed by atoms with Crippen LogP contribution in [0.15, 0.2) is 48.6 Å².